The van der Waals surface area contributed by atoms with E-state index in [1.807, 2.05) is 0 Å². The molecule has 2 N–H and O–H groups in total. The monoisotopic (exact) mass is 530 g/mol. The molecule has 0 bridgehead atoms. The first-order valence-electron chi connectivity index (χ1n) is 10.8. The molecule has 12 heteroatoms. The van der Waals surface area contributed by atoms with Crippen molar-refractivity contribution in [2.45, 2.75) is 31.7 Å². The number of carbonyl (C=O) groups is 1. The maximum Gasteiger partial charge on any atom is 0.354 e. The molecule has 0 spiro atoms. The van der Waals surface area contributed by atoms with Crippen LogP contribution in [0.15, 0.2) is 58.2 Å². The first-order valence-corrected chi connectivity index (χ1v) is 12.6. The van der Waals surface area contributed by atoms with E-state index in [1.165, 1.54) is 35.7 Å². The highest BCUT2D eigenvalue weighted by atomic mass is 35.5. The average molecular weight is 531 g/mol. The molecule has 0 fully saturated rings. The van der Waals surface area contributed by atoms with Gasteiger partial charge in [-0.15, -0.1) is 0 Å². The molecule has 0 aliphatic carbocycles. The number of anilines is 1. The zero-order valence-corrected chi connectivity index (χ0v) is 21.4. The van der Waals surface area contributed by atoms with Crippen LogP contribution in [-0.2, 0) is 10.0 Å². The molecule has 188 valence electrons. The standard InChI is InChI=1S/C24H23ClN4O6S/c1-13(2)29(18-7-5-6-8-20(18)35-4)36(33,34)15-9-10-16(25)19(12-15)28-22-21(27-24(28)32)14(3)11-17(26-22)23(30)31/h5-13H,1-4H3,(H,27,32)(H,30,31). The Morgan fingerprint density at radius 2 is 1.89 bits per heavy atom. The zero-order chi connectivity index (χ0) is 26.4. The molecule has 2 aromatic carbocycles. The van der Waals surface area contributed by atoms with Gasteiger partial charge in [-0.3, -0.25) is 4.31 Å². The number of aryl methyl sites for hydroxylation is 1. The normalized spacial score (nSPS) is 11.7. The molecule has 4 rings (SSSR count). The van der Waals surface area contributed by atoms with Crippen LogP contribution in [0, 0.1) is 6.92 Å². The number of aromatic amines is 1. The number of nitrogens with zero attached hydrogens (tertiary/aromatic N) is 3. The summed E-state index contributed by atoms with van der Waals surface area (Å²) in [6, 6.07) is 11.6. The van der Waals surface area contributed by atoms with Gasteiger partial charge in [-0.05, 0) is 62.7 Å². The Hall–Kier alpha value is -3.83. The van der Waals surface area contributed by atoms with E-state index in [0.29, 0.717) is 22.5 Å². The predicted octanol–water partition coefficient (Wildman–Crippen LogP) is 3.99. The highest BCUT2D eigenvalue weighted by molar-refractivity contribution is 7.92. The summed E-state index contributed by atoms with van der Waals surface area (Å²) in [5.41, 5.74) is 0.271. The molecule has 0 amide bonds. The SMILES string of the molecule is COc1ccccc1N(C(C)C)S(=O)(=O)c1ccc(Cl)c(-n2c(=O)[nH]c3c(C)cc(C(=O)O)nc32)c1. The van der Waals surface area contributed by atoms with Crippen molar-refractivity contribution in [1.82, 2.24) is 14.5 Å². The number of hydrogen-bond acceptors (Lipinski definition) is 6. The van der Waals surface area contributed by atoms with E-state index < -0.39 is 27.7 Å². The summed E-state index contributed by atoms with van der Waals surface area (Å²) < 4.78 is 35.4. The number of methoxy groups -OCH3 is 1. The lowest BCUT2D eigenvalue weighted by Crippen LogP contribution is -2.37. The Morgan fingerprint density at radius 3 is 2.53 bits per heavy atom. The summed E-state index contributed by atoms with van der Waals surface area (Å²) in [5.74, 6) is -0.898. The van der Waals surface area contributed by atoms with Crippen LogP contribution in [-0.4, -0.2) is 47.2 Å². The number of halogens is 1. The van der Waals surface area contributed by atoms with E-state index in [2.05, 4.69) is 9.97 Å². The fourth-order valence-electron chi connectivity index (χ4n) is 4.00. The minimum Gasteiger partial charge on any atom is -0.495 e. The molecule has 2 aromatic heterocycles. The predicted molar refractivity (Wildman–Crippen MR) is 136 cm³/mol. The van der Waals surface area contributed by atoms with Gasteiger partial charge in [-0.2, -0.15) is 0 Å². The van der Waals surface area contributed by atoms with E-state index >= 15 is 0 Å². The number of pyridine rings is 1. The molecular formula is C24H23ClN4O6S. The molecule has 10 nitrogen and oxygen atoms in total. The molecule has 4 aromatic rings. The molecule has 0 radical (unpaired) electrons. The number of aromatic nitrogens is 3. The van der Waals surface area contributed by atoms with E-state index in [0.717, 1.165) is 4.57 Å². The third-order valence-electron chi connectivity index (χ3n) is 5.57. The number of aromatic carboxylic acids is 1. The number of rotatable bonds is 7. The number of fused-ring (bicyclic) bond motifs is 1. The minimum atomic E-state index is -4.16. The quantitative estimate of drug-likeness (QED) is 0.369. The molecule has 0 atom stereocenters. The second-order valence-corrected chi connectivity index (χ2v) is 10.5. The highest BCUT2D eigenvalue weighted by Gasteiger charge is 2.31. The summed E-state index contributed by atoms with van der Waals surface area (Å²) >= 11 is 6.41. The molecular weight excluding hydrogens is 508 g/mol. The third kappa shape index (κ3) is 4.20. The maximum absolute atomic E-state index is 13.9. The molecule has 0 saturated carbocycles. The van der Waals surface area contributed by atoms with Crippen LogP contribution < -0.4 is 14.7 Å². The number of benzene rings is 2. The molecule has 0 saturated heterocycles. The number of ether oxygens (including phenoxy) is 1. The van der Waals surface area contributed by atoms with Gasteiger partial charge >= 0.3 is 11.7 Å². The Morgan fingerprint density at radius 1 is 1.19 bits per heavy atom. The minimum absolute atomic E-state index is 0.0132. The van der Waals surface area contributed by atoms with Crippen LogP contribution in [0.3, 0.4) is 0 Å². The third-order valence-corrected chi connectivity index (χ3v) is 7.88. The van der Waals surface area contributed by atoms with E-state index in [1.54, 1.807) is 45.0 Å². The lowest BCUT2D eigenvalue weighted by atomic mass is 10.2. The van der Waals surface area contributed by atoms with Gasteiger partial charge in [-0.1, -0.05) is 23.7 Å². The Balaban J connectivity index is 1.96. The largest absolute Gasteiger partial charge is 0.495 e. The molecule has 0 aliphatic rings. The molecule has 2 heterocycles. The topological polar surface area (TPSA) is 135 Å². The highest BCUT2D eigenvalue weighted by Crippen LogP contribution is 2.35. The summed E-state index contributed by atoms with van der Waals surface area (Å²) in [4.78, 5) is 31.1. The van der Waals surface area contributed by atoms with Gasteiger partial charge in [0.15, 0.2) is 11.3 Å². The fraction of sp³-hybridized carbons (Fsp3) is 0.208. The van der Waals surface area contributed by atoms with Crippen LogP contribution in [0.25, 0.3) is 16.9 Å². The number of hydrogen-bond donors (Lipinski definition) is 2. The number of sulfonamides is 1. The first kappa shape index (κ1) is 25.3. The second-order valence-electron chi connectivity index (χ2n) is 8.27. The van der Waals surface area contributed by atoms with E-state index in [9.17, 15) is 23.1 Å². The van der Waals surface area contributed by atoms with Crippen molar-refractivity contribution < 1.29 is 23.1 Å². The molecule has 0 aliphatic heterocycles. The van der Waals surface area contributed by atoms with Crippen LogP contribution in [0.1, 0.15) is 29.9 Å². The lowest BCUT2D eigenvalue weighted by Gasteiger charge is -2.29. The van der Waals surface area contributed by atoms with Crippen molar-refractivity contribution >= 4 is 44.4 Å². The van der Waals surface area contributed by atoms with Gasteiger partial charge < -0.3 is 14.8 Å². The summed E-state index contributed by atoms with van der Waals surface area (Å²) in [6.45, 7) is 5.09. The van der Waals surface area contributed by atoms with Crippen molar-refractivity contribution in [3.05, 3.63) is 75.3 Å². The zero-order valence-electron chi connectivity index (χ0n) is 19.8. The van der Waals surface area contributed by atoms with Gasteiger partial charge in [0, 0.05) is 6.04 Å². The Labute approximate surface area is 211 Å². The van der Waals surface area contributed by atoms with Gasteiger partial charge in [0.2, 0.25) is 0 Å². The van der Waals surface area contributed by atoms with Crippen LogP contribution in [0.2, 0.25) is 5.02 Å². The second kappa shape index (κ2) is 9.32. The fourth-order valence-corrected chi connectivity index (χ4v) is 5.89. The lowest BCUT2D eigenvalue weighted by molar-refractivity contribution is 0.0690. The van der Waals surface area contributed by atoms with Crippen LogP contribution in [0.5, 0.6) is 5.75 Å². The molecule has 0 unspecified atom stereocenters. The van der Waals surface area contributed by atoms with Gasteiger partial charge in [-0.25, -0.2) is 27.6 Å². The van der Waals surface area contributed by atoms with Crippen LogP contribution >= 0.6 is 11.6 Å². The van der Waals surface area contributed by atoms with Gasteiger partial charge in [0.25, 0.3) is 10.0 Å². The number of carboxylic acid groups (broad SMARTS) is 1. The van der Waals surface area contributed by atoms with Gasteiger partial charge in [0.05, 0.1) is 33.9 Å². The van der Waals surface area contributed by atoms with Gasteiger partial charge in [0.1, 0.15) is 5.75 Å². The number of imidazole rings is 1. The number of carboxylic acids is 1. The van der Waals surface area contributed by atoms with Crippen molar-refractivity contribution in [3.8, 4) is 11.4 Å². The number of para-hydroxylation sites is 2. The Kier molecular flexibility index (Phi) is 6.54. The average Bonchev–Trinajstić information content (AvgIpc) is 3.15. The number of H-pyrrole nitrogens is 1. The smallest absolute Gasteiger partial charge is 0.354 e. The van der Waals surface area contributed by atoms with E-state index in [4.69, 9.17) is 16.3 Å². The Bertz CT molecular complexity index is 1660. The number of nitrogens with one attached hydrogen (secondary N) is 1. The van der Waals surface area contributed by atoms with Crippen molar-refractivity contribution in [3.63, 3.8) is 0 Å². The summed E-state index contributed by atoms with van der Waals surface area (Å²) in [5, 5.41) is 9.50. The first-order chi connectivity index (χ1) is 17.0. The maximum atomic E-state index is 13.9. The summed E-state index contributed by atoms with van der Waals surface area (Å²) in [6.07, 6.45) is 0. The molecule has 36 heavy (non-hydrogen) atoms. The van der Waals surface area contributed by atoms with Crippen molar-refractivity contribution in [2.24, 2.45) is 0 Å². The van der Waals surface area contributed by atoms with Crippen molar-refractivity contribution in [1.29, 1.82) is 0 Å². The van der Waals surface area contributed by atoms with Crippen LogP contribution in [0.4, 0.5) is 5.69 Å². The van der Waals surface area contributed by atoms with Crippen molar-refractivity contribution in [2.75, 3.05) is 11.4 Å². The summed E-state index contributed by atoms with van der Waals surface area (Å²) in [7, 11) is -2.71. The van der Waals surface area contributed by atoms with E-state index in [-0.39, 0.29) is 26.9 Å².